The van der Waals surface area contributed by atoms with Crippen molar-refractivity contribution < 1.29 is 19.1 Å². The average Bonchev–Trinajstić information content (AvgIpc) is 3.06. The molecule has 8 heteroatoms. The summed E-state index contributed by atoms with van der Waals surface area (Å²) in [6.07, 6.45) is 2.54. The molecule has 1 saturated heterocycles. The summed E-state index contributed by atoms with van der Waals surface area (Å²) in [4.78, 5) is 39.1. The summed E-state index contributed by atoms with van der Waals surface area (Å²) in [5, 5.41) is 4.22. The van der Waals surface area contributed by atoms with Crippen LogP contribution in [0, 0.1) is 0 Å². The van der Waals surface area contributed by atoms with Gasteiger partial charge >= 0.3 is 0 Å². The Labute approximate surface area is 204 Å². The molecule has 1 N–H and O–H groups in total. The van der Waals surface area contributed by atoms with Gasteiger partial charge in [0.2, 0.25) is 5.91 Å². The van der Waals surface area contributed by atoms with Crippen molar-refractivity contribution in [3.05, 3.63) is 75.6 Å². The van der Waals surface area contributed by atoms with E-state index >= 15 is 0 Å². The van der Waals surface area contributed by atoms with Gasteiger partial charge in [0.1, 0.15) is 12.3 Å². The van der Waals surface area contributed by atoms with E-state index in [-0.39, 0.29) is 11.4 Å². The van der Waals surface area contributed by atoms with E-state index in [0.29, 0.717) is 18.0 Å². The van der Waals surface area contributed by atoms with Gasteiger partial charge in [-0.1, -0.05) is 49.4 Å². The van der Waals surface area contributed by atoms with Crippen LogP contribution in [0.25, 0.3) is 16.8 Å². The summed E-state index contributed by atoms with van der Waals surface area (Å²) in [5.41, 5.74) is 1.38. The minimum absolute atomic E-state index is 0.270. The zero-order valence-electron chi connectivity index (χ0n) is 17.8. The molecule has 3 aromatic rings. The van der Waals surface area contributed by atoms with E-state index in [0.717, 1.165) is 43.9 Å². The van der Waals surface area contributed by atoms with Crippen molar-refractivity contribution in [1.29, 1.82) is 0 Å². The van der Waals surface area contributed by atoms with Crippen LogP contribution in [0.3, 0.4) is 0 Å². The smallest absolute Gasteiger partial charge is 0.294 e. The Morgan fingerprint density at radius 1 is 1.12 bits per heavy atom. The number of carbonyl (C=O) groups is 3. The first-order valence-corrected chi connectivity index (χ1v) is 12.0. The van der Waals surface area contributed by atoms with Crippen molar-refractivity contribution in [2.24, 2.45) is 0 Å². The number of nitrogens with zero attached hydrogens (tertiary/aromatic N) is 1. The number of benzene rings is 3. The highest BCUT2D eigenvalue weighted by Gasteiger charge is 2.36. The van der Waals surface area contributed by atoms with Crippen LogP contribution in [0.5, 0.6) is 5.75 Å². The molecule has 0 spiro atoms. The number of anilines is 1. The van der Waals surface area contributed by atoms with Crippen molar-refractivity contribution in [3.63, 3.8) is 0 Å². The van der Waals surface area contributed by atoms with Crippen molar-refractivity contribution in [2.45, 2.75) is 13.3 Å². The molecule has 0 unspecified atom stereocenters. The summed E-state index contributed by atoms with van der Waals surface area (Å²) in [5.74, 6) is -0.206. The number of carbonyl (C=O) groups excluding carboxylic acids is 3. The Bertz CT molecular complexity index is 1270. The third-order valence-electron chi connectivity index (χ3n) is 4.95. The SMILES string of the molecule is CCCOc1ccc(/C=C2\SC(=O)N(CC(=O)Nc3cccc4ccccc34)C2=O)cc1Br. The molecule has 0 radical (unpaired) electrons. The van der Waals surface area contributed by atoms with Crippen molar-refractivity contribution in [1.82, 2.24) is 4.90 Å². The molecule has 6 nitrogen and oxygen atoms in total. The molecule has 0 bridgehead atoms. The highest BCUT2D eigenvalue weighted by atomic mass is 79.9. The standard InChI is InChI=1S/C25H21BrN2O4S/c1-2-12-32-21-11-10-16(13-19(21)26)14-22-24(30)28(25(31)33-22)15-23(29)27-20-9-5-7-17-6-3-4-8-18(17)20/h3-11,13-14H,2,12,15H2,1H3,(H,27,29)/b22-14-. The molecule has 3 aromatic carbocycles. The topological polar surface area (TPSA) is 75.7 Å². The van der Waals surface area contributed by atoms with Gasteiger partial charge in [0, 0.05) is 11.1 Å². The molecule has 0 saturated carbocycles. The molecule has 1 aliphatic heterocycles. The van der Waals surface area contributed by atoms with Crippen molar-refractivity contribution in [3.8, 4) is 5.75 Å². The van der Waals surface area contributed by atoms with E-state index in [1.165, 1.54) is 0 Å². The van der Waals surface area contributed by atoms with Gasteiger partial charge < -0.3 is 10.1 Å². The summed E-state index contributed by atoms with van der Waals surface area (Å²) < 4.78 is 6.40. The fourth-order valence-electron chi connectivity index (χ4n) is 3.39. The zero-order chi connectivity index (χ0) is 23.4. The number of rotatable bonds is 7. The van der Waals surface area contributed by atoms with Crippen LogP contribution in [-0.4, -0.2) is 35.1 Å². The van der Waals surface area contributed by atoms with Crippen LogP contribution in [0.1, 0.15) is 18.9 Å². The van der Waals surface area contributed by atoms with E-state index in [2.05, 4.69) is 21.2 Å². The molecule has 3 amide bonds. The van der Waals surface area contributed by atoms with Crippen LogP contribution < -0.4 is 10.1 Å². The minimum atomic E-state index is -0.486. The normalized spacial score (nSPS) is 14.8. The molecular formula is C25H21BrN2O4S. The summed E-state index contributed by atoms with van der Waals surface area (Å²) in [6, 6.07) is 18.7. The molecule has 4 rings (SSSR count). The molecule has 1 heterocycles. The third kappa shape index (κ3) is 5.29. The average molecular weight is 525 g/mol. The van der Waals surface area contributed by atoms with Crippen molar-refractivity contribution in [2.75, 3.05) is 18.5 Å². The molecule has 0 aromatic heterocycles. The predicted molar refractivity (Wildman–Crippen MR) is 135 cm³/mol. The fraction of sp³-hybridized carbons (Fsp3) is 0.160. The highest BCUT2D eigenvalue weighted by molar-refractivity contribution is 9.10. The number of halogens is 1. The molecule has 0 aliphatic carbocycles. The number of hydrogen-bond acceptors (Lipinski definition) is 5. The van der Waals surface area contributed by atoms with Gasteiger partial charge in [0.25, 0.3) is 11.1 Å². The van der Waals surface area contributed by atoms with Crippen LogP contribution in [0.4, 0.5) is 10.5 Å². The summed E-state index contributed by atoms with van der Waals surface area (Å²) in [6.45, 7) is 2.29. The molecule has 0 atom stereocenters. The van der Waals surface area contributed by atoms with Crippen molar-refractivity contribution >= 4 is 67.3 Å². The lowest BCUT2D eigenvalue weighted by Gasteiger charge is -2.13. The number of amides is 3. The zero-order valence-corrected chi connectivity index (χ0v) is 20.2. The highest BCUT2D eigenvalue weighted by Crippen LogP contribution is 2.34. The monoisotopic (exact) mass is 524 g/mol. The predicted octanol–water partition coefficient (Wildman–Crippen LogP) is 6.07. The number of nitrogens with one attached hydrogen (secondary N) is 1. The largest absolute Gasteiger partial charge is 0.492 e. The van der Waals surface area contributed by atoms with Gasteiger partial charge in [-0.05, 0) is 69.3 Å². The molecule has 168 valence electrons. The van der Waals surface area contributed by atoms with E-state index in [4.69, 9.17) is 4.74 Å². The lowest BCUT2D eigenvalue weighted by Crippen LogP contribution is -2.36. The lowest BCUT2D eigenvalue weighted by molar-refractivity contribution is -0.127. The van der Waals surface area contributed by atoms with Crippen LogP contribution in [-0.2, 0) is 9.59 Å². The van der Waals surface area contributed by atoms with Gasteiger partial charge in [-0.3, -0.25) is 19.3 Å². The third-order valence-corrected chi connectivity index (χ3v) is 6.48. The first-order chi connectivity index (χ1) is 16.0. The first-order valence-electron chi connectivity index (χ1n) is 10.4. The minimum Gasteiger partial charge on any atom is -0.492 e. The Morgan fingerprint density at radius 3 is 2.70 bits per heavy atom. The first kappa shape index (κ1) is 23.1. The lowest BCUT2D eigenvalue weighted by atomic mass is 10.1. The maximum atomic E-state index is 12.8. The Kier molecular flexibility index (Phi) is 7.15. The second-order valence-corrected chi connectivity index (χ2v) is 9.23. The van der Waals surface area contributed by atoms with Gasteiger partial charge in [-0.25, -0.2) is 0 Å². The maximum absolute atomic E-state index is 12.8. The van der Waals surface area contributed by atoms with E-state index < -0.39 is 17.1 Å². The second kappa shape index (κ2) is 10.2. The van der Waals surface area contributed by atoms with Gasteiger partial charge in [-0.15, -0.1) is 0 Å². The van der Waals surface area contributed by atoms with E-state index in [1.807, 2.05) is 61.5 Å². The summed E-state index contributed by atoms with van der Waals surface area (Å²) >= 11 is 4.29. The van der Waals surface area contributed by atoms with Crippen LogP contribution >= 0.6 is 27.7 Å². The molecule has 1 fully saturated rings. The number of fused-ring (bicyclic) bond motifs is 1. The van der Waals surface area contributed by atoms with E-state index in [1.54, 1.807) is 12.1 Å². The van der Waals surface area contributed by atoms with Gasteiger partial charge in [0.15, 0.2) is 0 Å². The second-order valence-electron chi connectivity index (χ2n) is 7.38. The van der Waals surface area contributed by atoms with Gasteiger partial charge in [0.05, 0.1) is 16.0 Å². The number of ether oxygens (including phenoxy) is 1. The number of imide groups is 1. The molecule has 33 heavy (non-hydrogen) atoms. The maximum Gasteiger partial charge on any atom is 0.294 e. The quantitative estimate of drug-likeness (QED) is 0.379. The fourth-order valence-corrected chi connectivity index (χ4v) is 4.74. The Balaban J connectivity index is 1.46. The number of thioether (sulfide) groups is 1. The van der Waals surface area contributed by atoms with E-state index in [9.17, 15) is 14.4 Å². The Morgan fingerprint density at radius 2 is 1.91 bits per heavy atom. The Hall–Kier alpha value is -3.10. The molecule has 1 aliphatic rings. The van der Waals surface area contributed by atoms with Crippen LogP contribution in [0.15, 0.2) is 70.0 Å². The van der Waals surface area contributed by atoms with Gasteiger partial charge in [-0.2, -0.15) is 0 Å². The summed E-state index contributed by atoms with van der Waals surface area (Å²) in [7, 11) is 0. The van der Waals surface area contributed by atoms with Crippen LogP contribution in [0.2, 0.25) is 0 Å². The molecular weight excluding hydrogens is 504 g/mol. The number of hydrogen-bond donors (Lipinski definition) is 1.